The topological polar surface area (TPSA) is 91.8 Å². The van der Waals surface area contributed by atoms with E-state index in [1.807, 2.05) is 12.1 Å². The predicted octanol–water partition coefficient (Wildman–Crippen LogP) is 8.44. The zero-order chi connectivity index (χ0) is 27.9. The van der Waals surface area contributed by atoms with Crippen LogP contribution in [0.15, 0.2) is 103 Å². The second kappa shape index (κ2) is 12.4. The first kappa shape index (κ1) is 26.8. The molecule has 0 bridgehead atoms. The molecule has 0 saturated heterocycles. The SMILES string of the molecule is O=C(/C=C/c1cccc(Cl)c1)c1ccc(Nc2nc(Nc3ccc(F)cc3)nc(Nc3ccc(Cl)cc3)n2)cc1. The number of benzene rings is 4. The molecular formula is C30H21Cl2FN6O. The maximum absolute atomic E-state index is 13.4. The summed E-state index contributed by atoms with van der Waals surface area (Å²) in [6, 6.07) is 27.1. The molecule has 0 fully saturated rings. The van der Waals surface area contributed by atoms with Crippen molar-refractivity contribution in [1.29, 1.82) is 0 Å². The lowest BCUT2D eigenvalue weighted by Crippen LogP contribution is -2.07. The number of carbonyl (C=O) groups is 1. The van der Waals surface area contributed by atoms with Crippen LogP contribution in [-0.2, 0) is 0 Å². The van der Waals surface area contributed by atoms with Crippen molar-refractivity contribution in [2.45, 2.75) is 0 Å². The van der Waals surface area contributed by atoms with Crippen molar-refractivity contribution in [2.75, 3.05) is 16.0 Å². The Kier molecular flexibility index (Phi) is 8.29. The summed E-state index contributed by atoms with van der Waals surface area (Å²) < 4.78 is 13.4. The molecule has 0 amide bonds. The van der Waals surface area contributed by atoms with Crippen LogP contribution in [0.2, 0.25) is 10.0 Å². The van der Waals surface area contributed by atoms with Crippen LogP contribution < -0.4 is 16.0 Å². The van der Waals surface area contributed by atoms with Crippen LogP contribution in [0.1, 0.15) is 15.9 Å². The molecule has 5 rings (SSSR count). The Bertz CT molecular complexity index is 1590. The number of allylic oxidation sites excluding steroid dienone is 1. The van der Waals surface area contributed by atoms with Gasteiger partial charge < -0.3 is 16.0 Å². The monoisotopic (exact) mass is 570 g/mol. The molecule has 0 aliphatic rings. The van der Waals surface area contributed by atoms with E-state index in [2.05, 4.69) is 30.9 Å². The van der Waals surface area contributed by atoms with Crippen LogP contribution in [0.3, 0.4) is 0 Å². The highest BCUT2D eigenvalue weighted by Crippen LogP contribution is 2.22. The zero-order valence-electron chi connectivity index (χ0n) is 20.8. The van der Waals surface area contributed by atoms with Gasteiger partial charge in [-0.1, -0.05) is 41.4 Å². The van der Waals surface area contributed by atoms with E-state index in [4.69, 9.17) is 23.2 Å². The van der Waals surface area contributed by atoms with Gasteiger partial charge in [-0.15, -0.1) is 0 Å². The zero-order valence-corrected chi connectivity index (χ0v) is 22.3. The number of hydrogen-bond donors (Lipinski definition) is 3. The van der Waals surface area contributed by atoms with E-state index in [-0.39, 0.29) is 29.4 Å². The third-order valence-corrected chi connectivity index (χ3v) is 6.02. The molecule has 1 aromatic heterocycles. The van der Waals surface area contributed by atoms with E-state index < -0.39 is 0 Å². The highest BCUT2D eigenvalue weighted by atomic mass is 35.5. The number of halogens is 3. The first-order valence-corrected chi connectivity index (χ1v) is 12.8. The smallest absolute Gasteiger partial charge is 0.233 e. The molecule has 4 aromatic carbocycles. The quantitative estimate of drug-likeness (QED) is 0.121. The molecule has 0 aliphatic heterocycles. The third-order valence-electron chi connectivity index (χ3n) is 5.54. The molecular weight excluding hydrogens is 550 g/mol. The van der Waals surface area contributed by atoms with Crippen LogP contribution in [0, 0.1) is 5.82 Å². The van der Waals surface area contributed by atoms with Crippen molar-refractivity contribution in [2.24, 2.45) is 0 Å². The van der Waals surface area contributed by atoms with Crippen molar-refractivity contribution < 1.29 is 9.18 Å². The van der Waals surface area contributed by atoms with Crippen LogP contribution >= 0.6 is 23.2 Å². The number of nitrogens with one attached hydrogen (secondary N) is 3. The van der Waals surface area contributed by atoms with E-state index in [0.717, 1.165) is 11.3 Å². The average molecular weight is 571 g/mol. The number of hydrogen-bond acceptors (Lipinski definition) is 7. The van der Waals surface area contributed by atoms with Gasteiger partial charge in [-0.05, 0) is 96.6 Å². The van der Waals surface area contributed by atoms with Gasteiger partial charge in [0.2, 0.25) is 17.8 Å². The summed E-state index contributed by atoms with van der Waals surface area (Å²) in [6.45, 7) is 0. The lowest BCUT2D eigenvalue weighted by atomic mass is 10.1. The lowest BCUT2D eigenvalue weighted by molar-refractivity contribution is 0.104. The van der Waals surface area contributed by atoms with Crippen LogP contribution in [0.25, 0.3) is 6.08 Å². The van der Waals surface area contributed by atoms with Gasteiger partial charge in [-0.25, -0.2) is 4.39 Å². The molecule has 0 radical (unpaired) electrons. The second-order valence-corrected chi connectivity index (χ2v) is 9.40. The molecule has 0 atom stereocenters. The summed E-state index contributed by atoms with van der Waals surface area (Å²) >= 11 is 12.0. The summed E-state index contributed by atoms with van der Waals surface area (Å²) in [4.78, 5) is 26.0. The fourth-order valence-electron chi connectivity index (χ4n) is 3.59. The summed E-state index contributed by atoms with van der Waals surface area (Å²) in [5.41, 5.74) is 3.34. The Balaban J connectivity index is 1.34. The van der Waals surface area contributed by atoms with Gasteiger partial charge in [-0.3, -0.25) is 4.79 Å². The molecule has 40 heavy (non-hydrogen) atoms. The Hall–Kier alpha value is -4.79. The van der Waals surface area contributed by atoms with E-state index in [0.29, 0.717) is 27.0 Å². The Labute approximate surface area is 239 Å². The number of aromatic nitrogens is 3. The third kappa shape index (κ3) is 7.41. The highest BCUT2D eigenvalue weighted by molar-refractivity contribution is 6.31. The number of carbonyl (C=O) groups excluding carboxylic acids is 1. The second-order valence-electron chi connectivity index (χ2n) is 8.52. The largest absolute Gasteiger partial charge is 0.324 e. The van der Waals surface area contributed by atoms with Crippen molar-refractivity contribution in [1.82, 2.24) is 15.0 Å². The van der Waals surface area contributed by atoms with Crippen molar-refractivity contribution in [3.8, 4) is 0 Å². The normalized spacial score (nSPS) is 10.9. The number of rotatable bonds is 9. The highest BCUT2D eigenvalue weighted by Gasteiger charge is 2.10. The number of nitrogens with zero attached hydrogens (tertiary/aromatic N) is 3. The van der Waals surface area contributed by atoms with E-state index in [1.54, 1.807) is 78.9 Å². The van der Waals surface area contributed by atoms with Crippen LogP contribution in [0.4, 0.5) is 39.3 Å². The number of ketones is 1. The van der Waals surface area contributed by atoms with Crippen molar-refractivity contribution in [3.63, 3.8) is 0 Å². The van der Waals surface area contributed by atoms with Gasteiger partial charge in [0.1, 0.15) is 5.82 Å². The Morgan fingerprint density at radius 2 is 1.15 bits per heavy atom. The maximum atomic E-state index is 13.4. The predicted molar refractivity (Wildman–Crippen MR) is 159 cm³/mol. The van der Waals surface area contributed by atoms with Gasteiger partial charge in [0.25, 0.3) is 0 Å². The summed E-state index contributed by atoms with van der Waals surface area (Å²) in [5, 5.41) is 10.5. The van der Waals surface area contributed by atoms with Crippen LogP contribution in [-0.4, -0.2) is 20.7 Å². The summed E-state index contributed by atoms with van der Waals surface area (Å²) in [6.07, 6.45) is 3.22. The molecule has 0 aliphatic carbocycles. The summed E-state index contributed by atoms with van der Waals surface area (Å²) in [5.74, 6) is 0.249. The fourth-order valence-corrected chi connectivity index (χ4v) is 3.92. The van der Waals surface area contributed by atoms with Crippen molar-refractivity contribution in [3.05, 3.63) is 130 Å². The molecule has 0 unspecified atom stereocenters. The minimum atomic E-state index is -0.351. The fraction of sp³-hybridized carbons (Fsp3) is 0. The van der Waals surface area contributed by atoms with E-state index >= 15 is 0 Å². The van der Waals surface area contributed by atoms with E-state index in [9.17, 15) is 9.18 Å². The Morgan fingerprint density at radius 1 is 0.650 bits per heavy atom. The minimum absolute atomic E-state index is 0.146. The molecule has 5 aromatic rings. The molecule has 1 heterocycles. The van der Waals surface area contributed by atoms with Crippen LogP contribution in [0.5, 0.6) is 0 Å². The van der Waals surface area contributed by atoms with Gasteiger partial charge >= 0.3 is 0 Å². The standard InChI is InChI=1S/C30H21Cl2FN6O/c31-21-7-13-25(14-8-21)35-29-37-28(38-30(39-29)36-26-15-9-23(33)10-16-26)34-24-11-5-20(6-12-24)27(40)17-4-19-2-1-3-22(32)18-19/h1-18H,(H3,34,35,36,37,38,39)/b17-4+. The molecule has 0 saturated carbocycles. The average Bonchev–Trinajstić information content (AvgIpc) is 2.95. The summed E-state index contributed by atoms with van der Waals surface area (Å²) in [7, 11) is 0. The molecule has 3 N–H and O–H groups in total. The number of anilines is 6. The van der Waals surface area contributed by atoms with Gasteiger partial charge in [0, 0.05) is 32.7 Å². The minimum Gasteiger partial charge on any atom is -0.324 e. The first-order chi connectivity index (χ1) is 19.4. The molecule has 0 spiro atoms. The maximum Gasteiger partial charge on any atom is 0.233 e. The van der Waals surface area contributed by atoms with E-state index in [1.165, 1.54) is 18.2 Å². The van der Waals surface area contributed by atoms with Gasteiger partial charge in [0.15, 0.2) is 5.78 Å². The van der Waals surface area contributed by atoms with Crippen molar-refractivity contribution >= 4 is 70.0 Å². The Morgan fingerprint density at radius 3 is 1.68 bits per heavy atom. The van der Waals surface area contributed by atoms with Gasteiger partial charge in [-0.2, -0.15) is 15.0 Å². The molecule has 7 nitrogen and oxygen atoms in total. The lowest BCUT2D eigenvalue weighted by Gasteiger charge is -2.12. The van der Waals surface area contributed by atoms with Gasteiger partial charge in [0.05, 0.1) is 0 Å². The molecule has 198 valence electrons. The first-order valence-electron chi connectivity index (χ1n) is 12.1. The molecule has 10 heteroatoms.